The molecule has 1 atom stereocenters. The summed E-state index contributed by atoms with van der Waals surface area (Å²) in [5, 5.41) is 2.76. The van der Waals surface area contributed by atoms with Gasteiger partial charge in [-0.3, -0.25) is 4.79 Å². The summed E-state index contributed by atoms with van der Waals surface area (Å²) in [6.07, 6.45) is -4.39. The lowest BCUT2D eigenvalue weighted by atomic mass is 10.1. The minimum absolute atomic E-state index is 0.203. The first-order chi connectivity index (χ1) is 11.3. The molecule has 0 saturated heterocycles. The Morgan fingerprint density at radius 1 is 1.12 bits per heavy atom. The maximum atomic E-state index is 12.5. The van der Waals surface area contributed by atoms with Gasteiger partial charge in [0.25, 0.3) is 5.91 Å². The van der Waals surface area contributed by atoms with Gasteiger partial charge in [-0.05, 0) is 48.9 Å². The topological polar surface area (TPSA) is 38.3 Å². The molecule has 2 aromatic rings. The first-order valence-electron chi connectivity index (χ1n) is 7.10. The third-order valence-electron chi connectivity index (χ3n) is 3.30. The second-order valence-electron chi connectivity index (χ2n) is 5.15. The number of benzene rings is 2. The molecule has 0 aliphatic rings. The third-order valence-corrected chi connectivity index (χ3v) is 3.83. The molecular formula is C17H15BrF3NO2. The zero-order valence-corrected chi connectivity index (χ0v) is 14.3. The van der Waals surface area contributed by atoms with E-state index in [9.17, 15) is 18.0 Å². The summed E-state index contributed by atoms with van der Waals surface area (Å²) in [7, 11) is 0. The van der Waals surface area contributed by atoms with Crippen LogP contribution >= 0.6 is 15.9 Å². The van der Waals surface area contributed by atoms with Gasteiger partial charge in [-0.2, -0.15) is 13.2 Å². The zero-order chi connectivity index (χ0) is 17.7. The highest BCUT2D eigenvalue weighted by molar-refractivity contribution is 9.10. The summed E-state index contributed by atoms with van der Waals surface area (Å²) in [6.45, 7) is 1.56. The van der Waals surface area contributed by atoms with Gasteiger partial charge < -0.3 is 10.1 Å². The van der Waals surface area contributed by atoms with Crippen LogP contribution < -0.4 is 10.1 Å². The van der Waals surface area contributed by atoms with Crippen molar-refractivity contribution >= 4 is 21.8 Å². The zero-order valence-electron chi connectivity index (χ0n) is 12.7. The quantitative estimate of drug-likeness (QED) is 0.786. The van der Waals surface area contributed by atoms with Crippen molar-refractivity contribution in [3.05, 3.63) is 64.1 Å². The van der Waals surface area contributed by atoms with Crippen molar-refractivity contribution in [2.75, 3.05) is 6.61 Å². The molecule has 24 heavy (non-hydrogen) atoms. The molecule has 0 aliphatic heterocycles. The first kappa shape index (κ1) is 18.3. The second kappa shape index (κ2) is 7.70. The molecule has 0 spiro atoms. The molecule has 2 aromatic carbocycles. The number of rotatable bonds is 5. The van der Waals surface area contributed by atoms with E-state index in [-0.39, 0.29) is 24.3 Å². The highest BCUT2D eigenvalue weighted by Crippen LogP contribution is 2.30. The van der Waals surface area contributed by atoms with Gasteiger partial charge in [0, 0.05) is 4.47 Å². The van der Waals surface area contributed by atoms with Crippen molar-refractivity contribution in [2.24, 2.45) is 0 Å². The Hall–Kier alpha value is -2.02. The number of hydrogen-bond donors (Lipinski definition) is 1. The Morgan fingerprint density at radius 3 is 2.25 bits per heavy atom. The molecule has 0 radical (unpaired) electrons. The largest absolute Gasteiger partial charge is 0.484 e. The number of halogens is 4. The summed E-state index contributed by atoms with van der Waals surface area (Å²) in [4.78, 5) is 11.9. The molecule has 0 fully saturated rings. The molecular weight excluding hydrogens is 387 g/mol. The lowest BCUT2D eigenvalue weighted by Gasteiger charge is -2.15. The van der Waals surface area contributed by atoms with E-state index in [0.717, 1.165) is 22.2 Å². The van der Waals surface area contributed by atoms with Crippen molar-refractivity contribution in [3.63, 3.8) is 0 Å². The van der Waals surface area contributed by atoms with Crippen molar-refractivity contribution in [2.45, 2.75) is 19.1 Å². The van der Waals surface area contributed by atoms with Crippen LogP contribution in [0.1, 0.15) is 24.1 Å². The second-order valence-corrected chi connectivity index (χ2v) is 6.07. The predicted molar refractivity (Wildman–Crippen MR) is 87.6 cm³/mol. The molecule has 0 unspecified atom stereocenters. The van der Waals surface area contributed by atoms with E-state index in [4.69, 9.17) is 4.74 Å². The fourth-order valence-corrected chi connectivity index (χ4v) is 2.27. The molecule has 0 heterocycles. The van der Waals surface area contributed by atoms with E-state index in [1.165, 1.54) is 12.1 Å². The van der Waals surface area contributed by atoms with Crippen LogP contribution in [0.4, 0.5) is 13.2 Å². The van der Waals surface area contributed by atoms with Crippen molar-refractivity contribution < 1.29 is 22.7 Å². The Kier molecular flexibility index (Phi) is 5.88. The summed E-state index contributed by atoms with van der Waals surface area (Å²) < 4.78 is 43.5. The fraction of sp³-hybridized carbons (Fsp3) is 0.235. The van der Waals surface area contributed by atoms with E-state index in [0.29, 0.717) is 0 Å². The molecule has 7 heteroatoms. The summed E-state index contributed by atoms with van der Waals surface area (Å²) in [5.41, 5.74) is 0.171. The monoisotopic (exact) mass is 401 g/mol. The van der Waals surface area contributed by atoms with Crippen LogP contribution in [0.2, 0.25) is 0 Å². The van der Waals surface area contributed by atoms with Gasteiger partial charge in [-0.25, -0.2) is 0 Å². The van der Waals surface area contributed by atoms with Gasteiger partial charge >= 0.3 is 6.18 Å². The van der Waals surface area contributed by atoms with Gasteiger partial charge in [0.2, 0.25) is 0 Å². The predicted octanol–water partition coefficient (Wildman–Crippen LogP) is 4.72. The maximum absolute atomic E-state index is 12.5. The Bertz CT molecular complexity index is 684. The number of alkyl halides is 3. The number of amides is 1. The molecule has 1 amide bonds. The van der Waals surface area contributed by atoms with Crippen molar-refractivity contribution in [3.8, 4) is 5.75 Å². The standard InChI is InChI=1S/C17H15BrF3NO2/c1-11(12-2-6-14(18)7-3-12)22-16(23)10-24-15-8-4-13(5-9-15)17(19,20)21/h2-9,11H,10H2,1H3,(H,22,23)/t11-/m1/s1. The highest BCUT2D eigenvalue weighted by Gasteiger charge is 2.30. The van der Waals surface area contributed by atoms with Crippen LogP contribution in [0.3, 0.4) is 0 Å². The van der Waals surface area contributed by atoms with E-state index in [2.05, 4.69) is 21.2 Å². The number of carbonyl (C=O) groups is 1. The Labute approximate surface area is 146 Å². The molecule has 0 bridgehead atoms. The van der Waals surface area contributed by atoms with E-state index < -0.39 is 11.7 Å². The molecule has 128 valence electrons. The van der Waals surface area contributed by atoms with Crippen molar-refractivity contribution in [1.82, 2.24) is 5.32 Å². The van der Waals surface area contributed by atoms with Crippen LogP contribution in [0.5, 0.6) is 5.75 Å². The van der Waals surface area contributed by atoms with Crippen LogP contribution in [-0.2, 0) is 11.0 Å². The number of carbonyl (C=O) groups excluding carboxylic acids is 1. The summed E-state index contributed by atoms with van der Waals surface area (Å²) in [6, 6.07) is 11.5. The van der Waals surface area contributed by atoms with Crippen LogP contribution in [0.15, 0.2) is 53.0 Å². The minimum Gasteiger partial charge on any atom is -0.484 e. The summed E-state index contributed by atoms with van der Waals surface area (Å²) in [5.74, 6) is -0.153. The Morgan fingerprint density at radius 2 is 1.71 bits per heavy atom. The number of nitrogens with one attached hydrogen (secondary N) is 1. The normalized spacial score (nSPS) is 12.5. The van der Waals surface area contributed by atoms with Crippen molar-refractivity contribution in [1.29, 1.82) is 0 Å². The smallest absolute Gasteiger partial charge is 0.416 e. The molecule has 0 aromatic heterocycles. The molecule has 0 aliphatic carbocycles. The third kappa shape index (κ3) is 5.26. The van der Waals surface area contributed by atoms with Crippen LogP contribution in [-0.4, -0.2) is 12.5 Å². The number of ether oxygens (including phenoxy) is 1. The van der Waals surface area contributed by atoms with Crippen LogP contribution in [0, 0.1) is 0 Å². The van der Waals surface area contributed by atoms with Gasteiger partial charge in [0.1, 0.15) is 5.75 Å². The number of hydrogen-bond acceptors (Lipinski definition) is 2. The van der Waals surface area contributed by atoms with Gasteiger partial charge in [0.05, 0.1) is 11.6 Å². The van der Waals surface area contributed by atoms with E-state index >= 15 is 0 Å². The van der Waals surface area contributed by atoms with E-state index in [1.54, 1.807) is 0 Å². The average molecular weight is 402 g/mol. The minimum atomic E-state index is -4.39. The maximum Gasteiger partial charge on any atom is 0.416 e. The molecule has 0 saturated carbocycles. The summed E-state index contributed by atoms with van der Waals surface area (Å²) >= 11 is 3.34. The lowest BCUT2D eigenvalue weighted by molar-refractivity contribution is -0.137. The molecule has 2 rings (SSSR count). The average Bonchev–Trinajstić information content (AvgIpc) is 2.53. The van der Waals surface area contributed by atoms with E-state index in [1.807, 2.05) is 31.2 Å². The van der Waals surface area contributed by atoms with Gasteiger partial charge in [-0.15, -0.1) is 0 Å². The fourth-order valence-electron chi connectivity index (χ4n) is 2.01. The lowest BCUT2D eigenvalue weighted by Crippen LogP contribution is -2.31. The Balaban J connectivity index is 1.85. The van der Waals surface area contributed by atoms with Gasteiger partial charge in [-0.1, -0.05) is 28.1 Å². The first-order valence-corrected chi connectivity index (χ1v) is 7.90. The van der Waals surface area contributed by atoms with Crippen LogP contribution in [0.25, 0.3) is 0 Å². The van der Waals surface area contributed by atoms with Gasteiger partial charge in [0.15, 0.2) is 6.61 Å². The molecule has 3 nitrogen and oxygen atoms in total. The highest BCUT2D eigenvalue weighted by atomic mass is 79.9. The SMILES string of the molecule is C[C@@H](NC(=O)COc1ccc(C(F)(F)F)cc1)c1ccc(Br)cc1. The molecule has 1 N–H and O–H groups in total.